The minimum atomic E-state index is -1.15. The van der Waals surface area contributed by atoms with Gasteiger partial charge in [0.2, 0.25) is 0 Å². The molecule has 0 saturated carbocycles. The molecule has 0 aliphatic heterocycles. The van der Waals surface area contributed by atoms with E-state index in [9.17, 15) is 19.7 Å². The van der Waals surface area contributed by atoms with Crippen molar-refractivity contribution in [1.29, 1.82) is 0 Å². The van der Waals surface area contributed by atoms with E-state index in [1.807, 2.05) is 0 Å². The van der Waals surface area contributed by atoms with Crippen LogP contribution in [0.25, 0.3) is 11.0 Å². The first kappa shape index (κ1) is 11.6. The average Bonchev–Trinajstić information content (AvgIpc) is 2.32. The van der Waals surface area contributed by atoms with Gasteiger partial charge in [-0.15, -0.1) is 0 Å². The minimum absolute atomic E-state index is 0.0135. The molecule has 0 spiro atoms. The zero-order valence-corrected chi connectivity index (χ0v) is 9.47. The summed E-state index contributed by atoms with van der Waals surface area (Å²) in [7, 11) is 0. The number of rotatable bonds is 1. The van der Waals surface area contributed by atoms with E-state index in [1.165, 1.54) is 12.1 Å². The monoisotopic (exact) mass is 275 g/mol. The Hall–Kier alpha value is -1.86. The summed E-state index contributed by atoms with van der Waals surface area (Å²) in [6, 6.07) is 3.83. The highest BCUT2D eigenvalue weighted by atomic mass is 35.5. The number of nitro benzene ring substituents is 1. The van der Waals surface area contributed by atoms with Crippen LogP contribution in [0.4, 0.5) is 5.69 Å². The van der Waals surface area contributed by atoms with Gasteiger partial charge in [0, 0.05) is 29.6 Å². The second-order valence-corrected chi connectivity index (χ2v) is 3.75. The maximum Gasteiger partial charge on any atom is 0.333 e. The molecule has 7 nitrogen and oxygen atoms in total. The van der Waals surface area contributed by atoms with E-state index in [1.54, 1.807) is 0 Å². The van der Waals surface area contributed by atoms with E-state index in [2.05, 4.69) is 0 Å². The summed E-state index contributed by atoms with van der Waals surface area (Å²) in [4.78, 5) is 32.8. The highest BCUT2D eigenvalue weighted by Crippen LogP contribution is 2.24. The molecule has 0 aliphatic carbocycles. The quantitative estimate of drug-likeness (QED) is 0.443. The van der Waals surface area contributed by atoms with Crippen LogP contribution >= 0.6 is 23.6 Å². The summed E-state index contributed by atoms with van der Waals surface area (Å²) >= 11 is 11.2. The number of fused-ring (bicyclic) bond motifs is 1. The lowest BCUT2D eigenvalue weighted by molar-refractivity contribution is -0.383. The number of hydrogen-bond donors (Lipinski definition) is 0. The molecule has 0 N–H and O–H groups in total. The molecule has 1 aromatic carbocycles. The van der Waals surface area contributed by atoms with Gasteiger partial charge in [0.1, 0.15) is 0 Å². The number of nitrogens with zero attached hydrogens (tertiary/aromatic N) is 3. The normalized spacial score (nSPS) is 10.7. The molecule has 0 bridgehead atoms. The lowest BCUT2D eigenvalue weighted by atomic mass is 10.2. The van der Waals surface area contributed by atoms with Crippen LogP contribution in [0.3, 0.4) is 0 Å². The Labute approximate surface area is 103 Å². The predicted octanol–water partition coefficient (Wildman–Crippen LogP) is 1.08. The van der Waals surface area contributed by atoms with Gasteiger partial charge in [-0.05, 0) is 6.07 Å². The van der Waals surface area contributed by atoms with Crippen LogP contribution in [0, 0.1) is 10.1 Å². The Morgan fingerprint density at radius 3 is 2.29 bits per heavy atom. The third-order valence-electron chi connectivity index (χ3n) is 2.14. The first-order valence-corrected chi connectivity index (χ1v) is 4.90. The maximum atomic E-state index is 11.4. The van der Waals surface area contributed by atoms with Gasteiger partial charge in [0.15, 0.2) is 5.52 Å². The number of hydrogen-bond acceptors (Lipinski definition) is 4. The number of non-ortho nitro benzene ring substituents is 1. The van der Waals surface area contributed by atoms with Gasteiger partial charge in [-0.25, -0.2) is 8.17 Å². The van der Waals surface area contributed by atoms with Gasteiger partial charge in [-0.2, -0.15) is 0 Å². The van der Waals surface area contributed by atoms with Crippen LogP contribution in [0.5, 0.6) is 0 Å². The van der Waals surface area contributed by atoms with Crippen LogP contribution < -0.4 is 11.1 Å². The Balaban J connectivity index is 3.18. The van der Waals surface area contributed by atoms with Crippen LogP contribution in [0.2, 0.25) is 0 Å². The predicted molar refractivity (Wildman–Crippen MR) is 61.6 cm³/mol. The smallest absolute Gasteiger partial charge is 0.262 e. The molecule has 0 fully saturated rings. The molecule has 2 aromatic rings. The van der Waals surface area contributed by atoms with E-state index < -0.39 is 21.7 Å². The van der Waals surface area contributed by atoms with E-state index >= 15 is 0 Å². The van der Waals surface area contributed by atoms with E-state index in [-0.39, 0.29) is 11.0 Å². The molecular formula is C8H3Cl2N3O4. The van der Waals surface area contributed by atoms with Crippen molar-refractivity contribution in [2.45, 2.75) is 0 Å². The van der Waals surface area contributed by atoms with Crippen molar-refractivity contribution in [2.24, 2.45) is 0 Å². The Bertz CT molecular complexity index is 749. The van der Waals surface area contributed by atoms with E-state index in [4.69, 9.17) is 23.6 Å². The van der Waals surface area contributed by atoms with Crippen LogP contribution in [0.15, 0.2) is 27.8 Å². The number of aromatic nitrogens is 2. The molecule has 0 aliphatic rings. The highest BCUT2D eigenvalue weighted by molar-refractivity contribution is 6.22. The second-order valence-electron chi connectivity index (χ2n) is 3.07. The summed E-state index contributed by atoms with van der Waals surface area (Å²) in [6.45, 7) is 0. The van der Waals surface area contributed by atoms with Gasteiger partial charge < -0.3 is 0 Å². The fourth-order valence-electron chi connectivity index (χ4n) is 1.41. The van der Waals surface area contributed by atoms with Crippen molar-refractivity contribution in [2.75, 3.05) is 0 Å². The van der Waals surface area contributed by atoms with Gasteiger partial charge in [-0.1, -0.05) is 6.07 Å². The molecule has 17 heavy (non-hydrogen) atoms. The summed E-state index contributed by atoms with van der Waals surface area (Å²) in [5, 5.41) is 10.8. The topological polar surface area (TPSA) is 87.1 Å². The number of halogens is 2. The molecular weight excluding hydrogens is 273 g/mol. The zero-order valence-electron chi connectivity index (χ0n) is 7.96. The summed E-state index contributed by atoms with van der Waals surface area (Å²) in [5.41, 5.74) is -2.87. The lowest BCUT2D eigenvalue weighted by Crippen LogP contribution is -2.36. The minimum Gasteiger partial charge on any atom is -0.262 e. The van der Waals surface area contributed by atoms with Crippen molar-refractivity contribution in [3.05, 3.63) is 49.0 Å². The first-order chi connectivity index (χ1) is 7.95. The fraction of sp³-hybridized carbons (Fsp3) is 0. The molecule has 1 aromatic heterocycles. The summed E-state index contributed by atoms with van der Waals surface area (Å²) in [6.07, 6.45) is 0. The second kappa shape index (κ2) is 3.86. The molecule has 9 heteroatoms. The van der Waals surface area contributed by atoms with E-state index in [0.717, 1.165) is 6.07 Å². The Kier molecular flexibility index (Phi) is 2.64. The maximum absolute atomic E-state index is 11.4. The molecule has 2 rings (SSSR count). The van der Waals surface area contributed by atoms with Crippen molar-refractivity contribution < 1.29 is 4.92 Å². The summed E-state index contributed by atoms with van der Waals surface area (Å²) in [5.74, 6) is 0. The average molecular weight is 276 g/mol. The highest BCUT2D eigenvalue weighted by Gasteiger charge is 2.20. The molecule has 1 heterocycles. The molecule has 0 amide bonds. The molecule has 0 unspecified atom stereocenters. The standard InChI is InChI=1S/C8H3Cl2N3O4/c9-11-4-2-1-3-5(13(16)17)6(4)12(10)8(15)7(11)14/h1-3H. The van der Waals surface area contributed by atoms with Crippen LogP contribution in [-0.4, -0.2) is 13.1 Å². The lowest BCUT2D eigenvalue weighted by Gasteiger charge is -2.04. The molecule has 0 saturated heterocycles. The SMILES string of the molecule is O=c1c(=O)n(Cl)c2c([N+](=O)[O-])cccc2n1Cl. The van der Waals surface area contributed by atoms with Crippen LogP contribution in [-0.2, 0) is 0 Å². The van der Waals surface area contributed by atoms with E-state index in [0.29, 0.717) is 8.17 Å². The molecule has 0 atom stereocenters. The Morgan fingerprint density at radius 2 is 1.71 bits per heavy atom. The Morgan fingerprint density at radius 1 is 1.12 bits per heavy atom. The van der Waals surface area contributed by atoms with Crippen LogP contribution in [0.1, 0.15) is 0 Å². The zero-order chi connectivity index (χ0) is 12.7. The fourth-order valence-corrected chi connectivity index (χ4v) is 1.86. The van der Waals surface area contributed by atoms with Crippen molar-refractivity contribution in [1.82, 2.24) is 8.17 Å². The van der Waals surface area contributed by atoms with Gasteiger partial charge in [-0.3, -0.25) is 19.7 Å². The number of nitro groups is 1. The first-order valence-electron chi connectivity index (χ1n) is 4.22. The molecule has 88 valence electrons. The third-order valence-corrected chi connectivity index (χ3v) is 2.80. The number of para-hydroxylation sites is 1. The van der Waals surface area contributed by atoms with Crippen molar-refractivity contribution in [3.8, 4) is 0 Å². The van der Waals surface area contributed by atoms with Gasteiger partial charge >= 0.3 is 11.1 Å². The molecule has 0 radical (unpaired) electrons. The van der Waals surface area contributed by atoms with Crippen molar-refractivity contribution in [3.63, 3.8) is 0 Å². The van der Waals surface area contributed by atoms with Gasteiger partial charge in [0.05, 0.1) is 10.4 Å². The summed E-state index contributed by atoms with van der Waals surface area (Å²) < 4.78 is 0.901. The third kappa shape index (κ3) is 1.60. The van der Waals surface area contributed by atoms with Gasteiger partial charge in [0.25, 0.3) is 5.69 Å². The largest absolute Gasteiger partial charge is 0.333 e. The van der Waals surface area contributed by atoms with Crippen molar-refractivity contribution >= 4 is 40.3 Å². The number of benzene rings is 1.